The molecule has 4 aliphatic heterocycles. The second-order valence-electron chi connectivity index (χ2n) is 13.7. The number of aliphatic carboxylic acids is 1. The number of amides is 2. The monoisotopic (exact) mass is 610 g/mol. The van der Waals surface area contributed by atoms with E-state index < -0.39 is 59.8 Å². The fourth-order valence-corrected chi connectivity index (χ4v) is 7.32. The molecule has 0 aromatic heterocycles. The van der Waals surface area contributed by atoms with Gasteiger partial charge in [0.1, 0.15) is 12.1 Å². The number of carboxylic acid groups (broad SMARTS) is 1. The number of rotatable bonds is 12. The molecule has 244 valence electrons. The molecule has 2 amide bonds. The summed E-state index contributed by atoms with van der Waals surface area (Å²) in [7, 11) is 0. The summed E-state index contributed by atoms with van der Waals surface area (Å²) in [6, 6.07) is -1.99. The van der Waals surface area contributed by atoms with Crippen LogP contribution in [0.3, 0.4) is 0 Å². The largest absolute Gasteiger partial charge is 0.480 e. The summed E-state index contributed by atoms with van der Waals surface area (Å²) < 4.78 is 18.4. The van der Waals surface area contributed by atoms with Crippen molar-refractivity contribution in [1.82, 2.24) is 10.6 Å². The Morgan fingerprint density at radius 2 is 1.72 bits per heavy atom. The van der Waals surface area contributed by atoms with Crippen LogP contribution >= 0.6 is 0 Å². The molecule has 4 saturated heterocycles. The van der Waals surface area contributed by atoms with Gasteiger partial charge in [-0.15, -0.1) is 0 Å². The average molecular weight is 611 g/mol. The molecule has 11 atom stereocenters. The third kappa shape index (κ3) is 7.02. The molecule has 5 aliphatic rings. The van der Waals surface area contributed by atoms with Gasteiger partial charge in [-0.25, -0.2) is 14.6 Å². The summed E-state index contributed by atoms with van der Waals surface area (Å²) in [5, 5.41) is 14.8. The Kier molecular flexibility index (Phi) is 10.5. The smallest absolute Gasteiger partial charge is 0.326 e. The molecule has 5 fully saturated rings. The van der Waals surface area contributed by atoms with Crippen LogP contribution in [0, 0.1) is 35.5 Å². The first-order valence-electron chi connectivity index (χ1n) is 15.9. The molecule has 3 N–H and O–H groups in total. The second kappa shape index (κ2) is 13.4. The van der Waals surface area contributed by atoms with E-state index in [1.54, 1.807) is 6.92 Å². The first kappa shape index (κ1) is 33.6. The maximum absolute atomic E-state index is 13.0. The van der Waals surface area contributed by atoms with Gasteiger partial charge >= 0.3 is 11.9 Å². The molecule has 2 bridgehead atoms. The first-order valence-corrected chi connectivity index (χ1v) is 15.9. The lowest BCUT2D eigenvalue weighted by molar-refractivity contribution is -0.576. The lowest BCUT2D eigenvalue weighted by Gasteiger charge is -2.59. The lowest BCUT2D eigenvalue weighted by atomic mass is 9.58. The highest BCUT2D eigenvalue weighted by molar-refractivity contribution is 5.91. The predicted molar refractivity (Wildman–Crippen MR) is 153 cm³/mol. The molecule has 1 aliphatic carbocycles. The van der Waals surface area contributed by atoms with Crippen molar-refractivity contribution in [3.05, 3.63) is 0 Å². The van der Waals surface area contributed by atoms with Gasteiger partial charge < -0.3 is 30.0 Å². The zero-order valence-corrected chi connectivity index (χ0v) is 26.6. The van der Waals surface area contributed by atoms with Gasteiger partial charge in [-0.05, 0) is 56.3 Å². The number of carboxylic acids is 1. The predicted octanol–water partition coefficient (Wildman–Crippen LogP) is 3.66. The van der Waals surface area contributed by atoms with Crippen molar-refractivity contribution in [3.63, 3.8) is 0 Å². The minimum Gasteiger partial charge on any atom is -0.480 e. The maximum atomic E-state index is 13.0. The van der Waals surface area contributed by atoms with Gasteiger partial charge in [0.15, 0.2) is 11.9 Å². The van der Waals surface area contributed by atoms with Crippen LogP contribution in [0.4, 0.5) is 0 Å². The standard InChI is InChI=1S/C31H50N2O10/c1-8-17(4)25(27(37)38)33-26(36)22(15-16(2)3)32-23(34)11-12-24(35)39-28-19(6)21-10-9-18(5)20-13-14-30(7)41-29(40-28)31(20,21)43-42-30/h16-22,25,28-29H,8-15H2,1-7H3,(H,32,34)(H,33,36)(H,37,38)/t17-,18+,19+,20-,21-,22-,25-,28+,29+,30-,31+/m0/s1. The van der Waals surface area contributed by atoms with E-state index in [0.717, 1.165) is 19.3 Å². The number of hydrogen-bond donors (Lipinski definition) is 3. The fraction of sp³-hybridized carbons (Fsp3) is 0.871. The van der Waals surface area contributed by atoms with E-state index in [2.05, 4.69) is 17.6 Å². The van der Waals surface area contributed by atoms with E-state index in [4.69, 9.17) is 24.0 Å². The van der Waals surface area contributed by atoms with Crippen LogP contribution in [-0.4, -0.2) is 64.9 Å². The Labute approximate surface area is 254 Å². The Bertz CT molecular complexity index is 1050. The molecule has 0 radical (unpaired) electrons. The zero-order chi connectivity index (χ0) is 31.7. The van der Waals surface area contributed by atoms with Crippen LogP contribution in [0.25, 0.3) is 0 Å². The van der Waals surface area contributed by atoms with Gasteiger partial charge in [-0.2, -0.15) is 0 Å². The summed E-state index contributed by atoms with van der Waals surface area (Å²) in [5.41, 5.74) is -0.767. The Morgan fingerprint density at radius 3 is 2.37 bits per heavy atom. The normalized spacial score (nSPS) is 36.9. The van der Waals surface area contributed by atoms with Gasteiger partial charge in [0.25, 0.3) is 0 Å². The van der Waals surface area contributed by atoms with E-state index in [1.165, 1.54) is 0 Å². The lowest BCUT2D eigenvalue weighted by Crippen LogP contribution is -2.70. The molecule has 1 saturated carbocycles. The number of hydrogen-bond acceptors (Lipinski definition) is 9. The molecule has 0 aromatic rings. The van der Waals surface area contributed by atoms with Gasteiger partial charge in [-0.3, -0.25) is 14.4 Å². The summed E-state index contributed by atoms with van der Waals surface area (Å²) >= 11 is 0. The molecule has 12 heteroatoms. The number of ether oxygens (including phenoxy) is 3. The van der Waals surface area contributed by atoms with E-state index >= 15 is 0 Å². The molecular weight excluding hydrogens is 560 g/mol. The minimum atomic E-state index is -1.13. The maximum Gasteiger partial charge on any atom is 0.326 e. The number of esters is 1. The number of nitrogens with one attached hydrogen (secondary N) is 2. The highest BCUT2D eigenvalue weighted by Gasteiger charge is 2.69. The molecule has 4 heterocycles. The summed E-state index contributed by atoms with van der Waals surface area (Å²) in [4.78, 5) is 62.4. The van der Waals surface area contributed by atoms with E-state index in [9.17, 15) is 24.3 Å². The third-order valence-corrected chi connectivity index (χ3v) is 10.0. The topological polar surface area (TPSA) is 159 Å². The van der Waals surface area contributed by atoms with Crippen molar-refractivity contribution in [2.45, 2.75) is 136 Å². The average Bonchev–Trinajstić information content (AvgIpc) is 3.17. The first-order chi connectivity index (χ1) is 20.2. The van der Waals surface area contributed by atoms with Crippen molar-refractivity contribution in [3.8, 4) is 0 Å². The van der Waals surface area contributed by atoms with Gasteiger partial charge in [-0.1, -0.05) is 48.0 Å². The van der Waals surface area contributed by atoms with Crippen LogP contribution in [0.15, 0.2) is 0 Å². The van der Waals surface area contributed by atoms with Crippen LogP contribution in [0.2, 0.25) is 0 Å². The van der Waals surface area contributed by atoms with E-state index in [0.29, 0.717) is 25.2 Å². The van der Waals surface area contributed by atoms with Gasteiger partial charge in [0.05, 0.1) is 6.42 Å². The van der Waals surface area contributed by atoms with Crippen molar-refractivity contribution < 1.29 is 48.3 Å². The van der Waals surface area contributed by atoms with Crippen molar-refractivity contribution in [2.75, 3.05) is 0 Å². The SMILES string of the molecule is CC[C@H](C)[C@H](NC(=O)[C@H](CC(C)C)NC(=O)CCC(=O)O[C@@H]1O[C@@H]2O[C@]3(C)CC[C@H]4[C@H](C)CC[C@@H]([C@H]1C)[C@@]24OO3)C(=O)O. The molecule has 0 unspecified atom stereocenters. The highest BCUT2D eigenvalue weighted by atomic mass is 17.3. The van der Waals surface area contributed by atoms with Crippen molar-refractivity contribution in [2.24, 2.45) is 35.5 Å². The number of carbonyl (C=O) groups excluding carboxylic acids is 3. The highest BCUT2D eigenvalue weighted by Crippen LogP contribution is 2.60. The molecule has 5 rings (SSSR count). The van der Waals surface area contributed by atoms with Crippen LogP contribution in [-0.2, 0) is 43.2 Å². The summed E-state index contributed by atoms with van der Waals surface area (Å²) in [5.74, 6) is -3.55. The molecule has 12 nitrogen and oxygen atoms in total. The van der Waals surface area contributed by atoms with E-state index in [-0.39, 0.29) is 42.4 Å². The van der Waals surface area contributed by atoms with Crippen LogP contribution < -0.4 is 10.6 Å². The molecule has 1 spiro atoms. The summed E-state index contributed by atoms with van der Waals surface area (Å²) in [6.07, 6.45) is 2.31. The van der Waals surface area contributed by atoms with Crippen LogP contribution in [0.5, 0.6) is 0 Å². The Morgan fingerprint density at radius 1 is 1.00 bits per heavy atom. The van der Waals surface area contributed by atoms with Crippen LogP contribution in [0.1, 0.15) is 99.8 Å². The molecule has 0 aromatic carbocycles. The van der Waals surface area contributed by atoms with Crippen molar-refractivity contribution >= 4 is 23.8 Å². The Hall–Kier alpha value is -2.28. The minimum absolute atomic E-state index is 0.00319. The summed E-state index contributed by atoms with van der Waals surface area (Å²) in [6.45, 7) is 13.4. The molecule has 43 heavy (non-hydrogen) atoms. The number of fused-ring (bicyclic) bond motifs is 2. The van der Waals surface area contributed by atoms with Gasteiger partial charge in [0, 0.05) is 24.7 Å². The van der Waals surface area contributed by atoms with Crippen molar-refractivity contribution in [1.29, 1.82) is 0 Å². The molecular formula is C31H50N2O10. The third-order valence-electron chi connectivity index (χ3n) is 10.0. The van der Waals surface area contributed by atoms with E-state index in [1.807, 2.05) is 34.6 Å². The zero-order valence-electron chi connectivity index (χ0n) is 26.6. The quantitative estimate of drug-likeness (QED) is 0.220. The van der Waals surface area contributed by atoms with Gasteiger partial charge in [0.2, 0.25) is 23.9 Å². The fourth-order valence-electron chi connectivity index (χ4n) is 7.32. The second-order valence-corrected chi connectivity index (χ2v) is 13.7. The number of carbonyl (C=O) groups is 4. The Balaban J connectivity index is 1.35.